The van der Waals surface area contributed by atoms with E-state index in [0.29, 0.717) is 41.4 Å². The predicted octanol–water partition coefficient (Wildman–Crippen LogP) is 2.41. The van der Waals surface area contributed by atoms with Crippen LogP contribution in [0.4, 0.5) is 14.5 Å². The van der Waals surface area contributed by atoms with E-state index in [2.05, 4.69) is 15.4 Å². The van der Waals surface area contributed by atoms with Crippen LogP contribution in [0.3, 0.4) is 0 Å². The van der Waals surface area contributed by atoms with Crippen LogP contribution in [0.25, 0.3) is 11.3 Å². The molecule has 0 aromatic carbocycles. The van der Waals surface area contributed by atoms with Crippen molar-refractivity contribution in [3.05, 3.63) is 29.7 Å². The molecule has 2 aromatic rings. The Balaban J connectivity index is 1.85. The van der Waals surface area contributed by atoms with E-state index in [1.165, 1.54) is 18.5 Å². The Morgan fingerprint density at radius 2 is 2.26 bits per heavy atom. The molecule has 23 heavy (non-hydrogen) atoms. The first-order chi connectivity index (χ1) is 11.0. The summed E-state index contributed by atoms with van der Waals surface area (Å²) in [5.41, 5.74) is 1.20. The van der Waals surface area contributed by atoms with Crippen molar-refractivity contribution in [2.45, 2.75) is 6.55 Å². The molecule has 0 bridgehead atoms. The number of aliphatic hydroxyl groups excluding tert-OH is 1. The Labute approximate surface area is 136 Å². The first-order valence-electron chi connectivity index (χ1n) is 6.95. The predicted molar refractivity (Wildman–Crippen MR) is 80.5 cm³/mol. The summed E-state index contributed by atoms with van der Waals surface area (Å²) in [7, 11) is 0. The second-order valence-corrected chi connectivity index (χ2v) is 5.90. The lowest BCUT2D eigenvalue weighted by Gasteiger charge is -2.40. The fourth-order valence-electron chi connectivity index (χ4n) is 2.29. The van der Waals surface area contributed by atoms with Crippen molar-refractivity contribution < 1.29 is 18.6 Å². The summed E-state index contributed by atoms with van der Waals surface area (Å²) in [5, 5.41) is 16.8. The van der Waals surface area contributed by atoms with Crippen LogP contribution in [0.1, 0.15) is 6.55 Å². The second-order valence-electron chi connectivity index (χ2n) is 5.52. The fourth-order valence-corrected chi connectivity index (χ4v) is 2.45. The summed E-state index contributed by atoms with van der Waals surface area (Å²) >= 11 is 5.92. The molecule has 1 saturated heterocycles. The van der Waals surface area contributed by atoms with E-state index in [1.807, 2.05) is 0 Å². The van der Waals surface area contributed by atoms with Gasteiger partial charge in [0.25, 0.3) is 0 Å². The molecule has 2 aromatic heterocycles. The number of hydrogen-bond acceptors (Lipinski definition) is 5. The van der Waals surface area contributed by atoms with Crippen LogP contribution in [0.2, 0.25) is 5.15 Å². The van der Waals surface area contributed by atoms with Gasteiger partial charge < -0.3 is 15.2 Å². The zero-order chi connectivity index (χ0) is 16.4. The molecule has 1 fully saturated rings. The van der Waals surface area contributed by atoms with Crippen LogP contribution >= 0.6 is 11.6 Å². The van der Waals surface area contributed by atoms with Gasteiger partial charge in [-0.15, -0.1) is 0 Å². The highest BCUT2D eigenvalue weighted by molar-refractivity contribution is 6.29. The maximum Gasteiger partial charge on any atom is 0.333 e. The molecule has 0 unspecified atom stereocenters. The van der Waals surface area contributed by atoms with Crippen molar-refractivity contribution in [3.8, 4) is 11.3 Å². The number of aliphatic hydroxyl groups is 1. The third kappa shape index (κ3) is 3.29. The van der Waals surface area contributed by atoms with E-state index in [-0.39, 0.29) is 17.2 Å². The molecule has 1 aliphatic rings. The number of pyridine rings is 1. The molecule has 0 spiro atoms. The highest BCUT2D eigenvalue weighted by Crippen LogP contribution is 2.32. The van der Waals surface area contributed by atoms with Gasteiger partial charge in [-0.3, -0.25) is 0 Å². The Hall–Kier alpha value is -1.77. The lowest BCUT2D eigenvalue weighted by molar-refractivity contribution is -0.128. The highest BCUT2D eigenvalue weighted by Gasteiger charge is 2.38. The Bertz CT molecular complexity index is 686. The van der Waals surface area contributed by atoms with Gasteiger partial charge in [-0.2, -0.15) is 13.9 Å². The van der Waals surface area contributed by atoms with Crippen molar-refractivity contribution in [3.63, 3.8) is 0 Å². The quantitative estimate of drug-likeness (QED) is 0.787. The lowest BCUT2D eigenvalue weighted by Crippen LogP contribution is -2.50. The van der Waals surface area contributed by atoms with Gasteiger partial charge in [-0.1, -0.05) is 11.6 Å². The zero-order valence-corrected chi connectivity index (χ0v) is 12.8. The molecule has 9 heteroatoms. The smallest absolute Gasteiger partial charge is 0.333 e. The molecule has 0 amide bonds. The molecule has 0 atom stereocenters. The van der Waals surface area contributed by atoms with Gasteiger partial charge in [0.2, 0.25) is 0 Å². The third-order valence-corrected chi connectivity index (χ3v) is 3.97. The molecule has 6 nitrogen and oxygen atoms in total. The molecule has 2 N–H and O–H groups in total. The fraction of sp³-hybridized carbons (Fsp3) is 0.429. The van der Waals surface area contributed by atoms with Crippen molar-refractivity contribution in [1.82, 2.24) is 14.8 Å². The molecule has 3 rings (SSSR count). The second kappa shape index (κ2) is 6.38. The third-order valence-electron chi connectivity index (χ3n) is 3.76. The monoisotopic (exact) mass is 344 g/mol. The maximum atomic E-state index is 12.7. The molecule has 3 heterocycles. The van der Waals surface area contributed by atoms with E-state index in [1.54, 1.807) is 6.07 Å². The summed E-state index contributed by atoms with van der Waals surface area (Å²) in [5.74, 6) is 0. The average molecular weight is 345 g/mol. The average Bonchev–Trinajstić information content (AvgIpc) is 2.96. The summed E-state index contributed by atoms with van der Waals surface area (Å²) in [6.07, 6.45) is 2.68. The SMILES string of the molecule is OCC1(CNc2cc(Cl)ncc2-c2ccn(C(F)F)n2)COC1. The number of ether oxygens (including phenoxy) is 1. The van der Waals surface area contributed by atoms with Crippen LogP contribution in [-0.4, -0.2) is 46.2 Å². The maximum absolute atomic E-state index is 12.7. The minimum atomic E-state index is -2.70. The number of nitrogens with zero attached hydrogens (tertiary/aromatic N) is 3. The number of hydrogen-bond donors (Lipinski definition) is 2. The van der Waals surface area contributed by atoms with E-state index >= 15 is 0 Å². The summed E-state index contributed by atoms with van der Waals surface area (Å²) < 4.78 is 31.1. The van der Waals surface area contributed by atoms with Gasteiger partial charge in [-0.05, 0) is 12.1 Å². The van der Waals surface area contributed by atoms with E-state index in [4.69, 9.17) is 16.3 Å². The number of nitrogens with one attached hydrogen (secondary N) is 1. The first kappa shape index (κ1) is 16.1. The van der Waals surface area contributed by atoms with Crippen molar-refractivity contribution in [2.24, 2.45) is 5.41 Å². The Morgan fingerprint density at radius 3 is 2.83 bits per heavy atom. The van der Waals surface area contributed by atoms with Crippen molar-refractivity contribution in [2.75, 3.05) is 31.7 Å². The van der Waals surface area contributed by atoms with Gasteiger partial charge >= 0.3 is 6.55 Å². The molecular formula is C14H15ClF2N4O2. The molecule has 0 saturated carbocycles. The van der Waals surface area contributed by atoms with Gasteiger partial charge in [0, 0.05) is 30.2 Å². The molecule has 0 aliphatic carbocycles. The van der Waals surface area contributed by atoms with E-state index in [9.17, 15) is 13.9 Å². The van der Waals surface area contributed by atoms with Gasteiger partial charge in [0.1, 0.15) is 5.15 Å². The molecule has 1 aliphatic heterocycles. The minimum Gasteiger partial charge on any atom is -0.396 e. The first-order valence-corrected chi connectivity index (χ1v) is 7.32. The van der Waals surface area contributed by atoms with Crippen LogP contribution in [0.5, 0.6) is 0 Å². The minimum absolute atomic E-state index is 0.00580. The Kier molecular flexibility index (Phi) is 4.47. The summed E-state index contributed by atoms with van der Waals surface area (Å²) in [4.78, 5) is 3.98. The molecular weight excluding hydrogens is 330 g/mol. The number of anilines is 1. The van der Waals surface area contributed by atoms with E-state index in [0.717, 1.165) is 0 Å². The number of alkyl halides is 2. The largest absolute Gasteiger partial charge is 0.396 e. The Morgan fingerprint density at radius 1 is 1.48 bits per heavy atom. The lowest BCUT2D eigenvalue weighted by atomic mass is 9.87. The van der Waals surface area contributed by atoms with Crippen LogP contribution < -0.4 is 5.32 Å². The summed E-state index contributed by atoms with van der Waals surface area (Å²) in [6.45, 7) is -1.32. The summed E-state index contributed by atoms with van der Waals surface area (Å²) in [6, 6.07) is 3.08. The van der Waals surface area contributed by atoms with Crippen LogP contribution in [0, 0.1) is 5.41 Å². The van der Waals surface area contributed by atoms with Gasteiger partial charge in [0.05, 0.1) is 30.9 Å². The van der Waals surface area contributed by atoms with Gasteiger partial charge in [0.15, 0.2) is 0 Å². The van der Waals surface area contributed by atoms with Crippen molar-refractivity contribution in [1.29, 1.82) is 0 Å². The topological polar surface area (TPSA) is 72.2 Å². The normalized spacial score (nSPS) is 16.4. The number of halogens is 3. The number of aromatic nitrogens is 3. The van der Waals surface area contributed by atoms with E-state index < -0.39 is 6.55 Å². The number of rotatable bonds is 6. The highest BCUT2D eigenvalue weighted by atomic mass is 35.5. The van der Waals surface area contributed by atoms with Crippen LogP contribution in [0.15, 0.2) is 24.5 Å². The van der Waals surface area contributed by atoms with Gasteiger partial charge in [-0.25, -0.2) is 9.67 Å². The molecule has 124 valence electrons. The molecule has 0 radical (unpaired) electrons. The standard InChI is InChI=1S/C14H15ClF2N4O2/c15-12-3-11(19-5-14(6-22)7-23-8-14)9(4-18-12)10-1-2-21(20-10)13(16)17/h1-4,13,22H,5-8H2,(H,18,19). The van der Waals surface area contributed by atoms with Crippen molar-refractivity contribution >= 4 is 17.3 Å². The zero-order valence-electron chi connectivity index (χ0n) is 12.0. The van der Waals surface area contributed by atoms with Crippen LogP contribution in [-0.2, 0) is 4.74 Å².